The molecule has 1 aliphatic heterocycles. The highest BCUT2D eigenvalue weighted by molar-refractivity contribution is 5.85. The van der Waals surface area contributed by atoms with Crippen LogP contribution in [0.3, 0.4) is 0 Å². The van der Waals surface area contributed by atoms with E-state index in [4.69, 9.17) is 9.47 Å². The van der Waals surface area contributed by atoms with Gasteiger partial charge in [0.25, 0.3) is 0 Å². The molecule has 2 rings (SSSR count). The summed E-state index contributed by atoms with van der Waals surface area (Å²) in [6.45, 7) is 7.93. The summed E-state index contributed by atoms with van der Waals surface area (Å²) in [7, 11) is 1.66. The Balaban J connectivity index is 0.00000338. The molecule has 6 heteroatoms. The zero-order chi connectivity index (χ0) is 18.1. The first kappa shape index (κ1) is 22.7. The van der Waals surface area contributed by atoms with Gasteiger partial charge in [0.05, 0.1) is 6.61 Å². The Morgan fingerprint density at radius 3 is 2.73 bits per heavy atom. The molecule has 148 valence electrons. The lowest BCUT2D eigenvalue weighted by Gasteiger charge is -2.27. The Morgan fingerprint density at radius 1 is 1.31 bits per heavy atom. The molecular formula is C20H33ClN2O3. The lowest BCUT2D eigenvalue weighted by atomic mass is 9.84. The summed E-state index contributed by atoms with van der Waals surface area (Å²) in [6.07, 6.45) is 2.93. The van der Waals surface area contributed by atoms with Crippen LogP contribution in [0.1, 0.15) is 37.3 Å². The predicted octanol–water partition coefficient (Wildman–Crippen LogP) is 3.08. The summed E-state index contributed by atoms with van der Waals surface area (Å²) in [5.41, 5.74) is 2.14. The molecule has 1 aliphatic rings. The number of nitrogens with one attached hydrogen (secondary N) is 2. The van der Waals surface area contributed by atoms with Crippen LogP contribution in [0.2, 0.25) is 0 Å². The average Bonchev–Trinajstić information content (AvgIpc) is 2.62. The van der Waals surface area contributed by atoms with E-state index in [-0.39, 0.29) is 18.3 Å². The SMILES string of the molecule is COCCOc1cc(C)ccc1CNC(=O)CC(C)C1CCNCC1.Cl. The molecule has 26 heavy (non-hydrogen) atoms. The second kappa shape index (κ2) is 12.2. The highest BCUT2D eigenvalue weighted by Crippen LogP contribution is 2.24. The number of rotatable bonds is 9. The van der Waals surface area contributed by atoms with E-state index in [1.54, 1.807) is 7.11 Å². The molecule has 0 aromatic heterocycles. The minimum atomic E-state index is 0. The molecular weight excluding hydrogens is 352 g/mol. The lowest BCUT2D eigenvalue weighted by molar-refractivity contribution is -0.122. The van der Waals surface area contributed by atoms with Gasteiger partial charge in [0, 0.05) is 25.6 Å². The number of benzene rings is 1. The van der Waals surface area contributed by atoms with Crippen molar-refractivity contribution in [2.45, 2.75) is 39.7 Å². The van der Waals surface area contributed by atoms with E-state index in [0.29, 0.717) is 38.0 Å². The fourth-order valence-corrected chi connectivity index (χ4v) is 3.32. The Kier molecular flexibility index (Phi) is 10.6. The molecule has 1 heterocycles. The van der Waals surface area contributed by atoms with Crippen LogP contribution in [0.15, 0.2) is 18.2 Å². The number of aryl methyl sites for hydroxylation is 1. The number of methoxy groups -OCH3 is 1. The van der Waals surface area contributed by atoms with Gasteiger partial charge in [0.15, 0.2) is 0 Å². The van der Waals surface area contributed by atoms with E-state index in [9.17, 15) is 4.79 Å². The van der Waals surface area contributed by atoms with Crippen LogP contribution >= 0.6 is 12.4 Å². The fourth-order valence-electron chi connectivity index (χ4n) is 3.32. The van der Waals surface area contributed by atoms with E-state index >= 15 is 0 Å². The number of hydrogen-bond donors (Lipinski definition) is 2. The average molecular weight is 385 g/mol. The lowest BCUT2D eigenvalue weighted by Crippen LogP contribution is -2.33. The van der Waals surface area contributed by atoms with Crippen molar-refractivity contribution < 1.29 is 14.3 Å². The van der Waals surface area contributed by atoms with Gasteiger partial charge in [-0.15, -0.1) is 12.4 Å². The molecule has 1 unspecified atom stereocenters. The number of amides is 1. The van der Waals surface area contributed by atoms with Crippen molar-refractivity contribution >= 4 is 18.3 Å². The number of ether oxygens (including phenoxy) is 2. The topological polar surface area (TPSA) is 59.6 Å². The van der Waals surface area contributed by atoms with Gasteiger partial charge < -0.3 is 20.1 Å². The van der Waals surface area contributed by atoms with Crippen molar-refractivity contribution in [2.24, 2.45) is 11.8 Å². The standard InChI is InChI=1S/C20H32N2O3.ClH/c1-15-4-5-18(19(12-15)25-11-10-24-3)14-22-20(23)13-16(2)17-6-8-21-9-7-17;/h4-5,12,16-17,21H,6-11,13-14H2,1-3H3,(H,22,23);1H. The Morgan fingerprint density at radius 2 is 2.04 bits per heavy atom. The molecule has 0 aliphatic carbocycles. The van der Waals surface area contributed by atoms with E-state index < -0.39 is 0 Å². The van der Waals surface area contributed by atoms with E-state index in [1.165, 1.54) is 12.8 Å². The van der Waals surface area contributed by atoms with Crippen LogP contribution in [0.4, 0.5) is 0 Å². The van der Waals surface area contributed by atoms with Crippen molar-refractivity contribution in [2.75, 3.05) is 33.4 Å². The Labute approximate surface area is 163 Å². The highest BCUT2D eigenvalue weighted by atomic mass is 35.5. The molecule has 0 saturated carbocycles. The summed E-state index contributed by atoms with van der Waals surface area (Å²) in [6, 6.07) is 6.07. The summed E-state index contributed by atoms with van der Waals surface area (Å²) in [5.74, 6) is 2.02. The highest BCUT2D eigenvalue weighted by Gasteiger charge is 2.22. The first-order valence-electron chi connectivity index (χ1n) is 9.29. The quantitative estimate of drug-likeness (QED) is 0.642. The van der Waals surface area contributed by atoms with Gasteiger partial charge in [-0.2, -0.15) is 0 Å². The molecule has 0 bridgehead atoms. The summed E-state index contributed by atoms with van der Waals surface area (Å²) >= 11 is 0. The zero-order valence-electron chi connectivity index (χ0n) is 16.2. The van der Waals surface area contributed by atoms with Gasteiger partial charge >= 0.3 is 0 Å². The normalized spacial score (nSPS) is 15.8. The van der Waals surface area contributed by atoms with Crippen LogP contribution in [0.25, 0.3) is 0 Å². The third kappa shape index (κ3) is 7.52. The van der Waals surface area contributed by atoms with Crippen molar-refractivity contribution in [1.82, 2.24) is 10.6 Å². The van der Waals surface area contributed by atoms with Gasteiger partial charge in [0.2, 0.25) is 5.91 Å². The van der Waals surface area contributed by atoms with Gasteiger partial charge in [-0.1, -0.05) is 19.1 Å². The van der Waals surface area contributed by atoms with Gasteiger partial charge in [-0.05, 0) is 56.3 Å². The molecule has 0 radical (unpaired) electrons. The van der Waals surface area contributed by atoms with Crippen LogP contribution in [0, 0.1) is 18.8 Å². The Hall–Kier alpha value is -1.30. The molecule has 1 saturated heterocycles. The number of halogens is 1. The third-order valence-electron chi connectivity index (χ3n) is 4.94. The number of hydrogen-bond acceptors (Lipinski definition) is 4. The second-order valence-corrected chi connectivity index (χ2v) is 7.00. The number of carbonyl (C=O) groups is 1. The third-order valence-corrected chi connectivity index (χ3v) is 4.94. The molecule has 1 fully saturated rings. The van der Waals surface area contributed by atoms with Crippen molar-refractivity contribution in [1.29, 1.82) is 0 Å². The molecule has 0 spiro atoms. The van der Waals surface area contributed by atoms with Crippen molar-refractivity contribution in [3.8, 4) is 5.75 Å². The van der Waals surface area contributed by atoms with Gasteiger partial charge in [-0.3, -0.25) is 4.79 Å². The maximum absolute atomic E-state index is 12.3. The second-order valence-electron chi connectivity index (χ2n) is 7.00. The molecule has 1 atom stereocenters. The summed E-state index contributed by atoms with van der Waals surface area (Å²) in [4.78, 5) is 12.3. The summed E-state index contributed by atoms with van der Waals surface area (Å²) in [5, 5.41) is 6.43. The van der Waals surface area contributed by atoms with E-state index in [0.717, 1.165) is 30.0 Å². The molecule has 5 nitrogen and oxygen atoms in total. The van der Waals surface area contributed by atoms with Crippen LogP contribution in [-0.4, -0.2) is 39.3 Å². The van der Waals surface area contributed by atoms with Gasteiger partial charge in [-0.25, -0.2) is 0 Å². The fraction of sp³-hybridized carbons (Fsp3) is 0.650. The predicted molar refractivity (Wildman–Crippen MR) is 107 cm³/mol. The molecule has 1 amide bonds. The van der Waals surface area contributed by atoms with Crippen molar-refractivity contribution in [3.05, 3.63) is 29.3 Å². The Bertz CT molecular complexity index is 548. The van der Waals surface area contributed by atoms with Crippen LogP contribution in [0.5, 0.6) is 5.75 Å². The molecule has 2 N–H and O–H groups in total. The maximum Gasteiger partial charge on any atom is 0.220 e. The maximum atomic E-state index is 12.3. The van der Waals surface area contributed by atoms with E-state index in [1.807, 2.05) is 25.1 Å². The smallest absolute Gasteiger partial charge is 0.220 e. The zero-order valence-corrected chi connectivity index (χ0v) is 17.0. The van der Waals surface area contributed by atoms with E-state index in [2.05, 4.69) is 17.6 Å². The van der Waals surface area contributed by atoms with Gasteiger partial charge in [0.1, 0.15) is 12.4 Å². The number of piperidine rings is 1. The first-order chi connectivity index (χ1) is 12.1. The first-order valence-corrected chi connectivity index (χ1v) is 9.29. The molecule has 1 aromatic carbocycles. The van der Waals surface area contributed by atoms with Crippen LogP contribution < -0.4 is 15.4 Å². The number of carbonyl (C=O) groups excluding carboxylic acids is 1. The minimum Gasteiger partial charge on any atom is -0.491 e. The van der Waals surface area contributed by atoms with Crippen LogP contribution in [-0.2, 0) is 16.1 Å². The largest absolute Gasteiger partial charge is 0.491 e. The minimum absolute atomic E-state index is 0. The molecule has 1 aromatic rings. The van der Waals surface area contributed by atoms with Crippen molar-refractivity contribution in [3.63, 3.8) is 0 Å². The summed E-state index contributed by atoms with van der Waals surface area (Å²) < 4.78 is 10.8. The monoisotopic (exact) mass is 384 g/mol.